The molecule has 0 spiro atoms. The SMILES string of the molecule is OCC1CC(O)CC(c2ccc(Cl)c(Cc3ccc(C#Cc4cnccn4)cc3)c2)O1. The van der Waals surface area contributed by atoms with Gasteiger partial charge in [0.25, 0.3) is 0 Å². The molecule has 0 bridgehead atoms. The third-order valence-electron chi connectivity index (χ3n) is 5.27. The second-order valence-corrected chi connectivity index (χ2v) is 8.03. The number of halogens is 1. The van der Waals surface area contributed by atoms with Crippen LogP contribution in [0.25, 0.3) is 0 Å². The molecule has 0 saturated carbocycles. The maximum Gasteiger partial charge on any atom is 0.131 e. The van der Waals surface area contributed by atoms with Gasteiger partial charge in [0.2, 0.25) is 0 Å². The molecule has 1 saturated heterocycles. The maximum absolute atomic E-state index is 10.1. The van der Waals surface area contributed by atoms with Crippen molar-refractivity contribution in [1.29, 1.82) is 0 Å². The minimum absolute atomic E-state index is 0.0971. The summed E-state index contributed by atoms with van der Waals surface area (Å²) >= 11 is 6.45. The third kappa shape index (κ3) is 5.69. The molecule has 158 valence electrons. The summed E-state index contributed by atoms with van der Waals surface area (Å²) in [6.45, 7) is -0.0971. The summed E-state index contributed by atoms with van der Waals surface area (Å²) in [5.41, 5.74) is 4.59. The molecule has 0 aliphatic carbocycles. The van der Waals surface area contributed by atoms with E-state index in [2.05, 4.69) is 21.8 Å². The number of benzene rings is 2. The van der Waals surface area contributed by atoms with E-state index in [-0.39, 0.29) is 18.8 Å². The number of hydrogen-bond acceptors (Lipinski definition) is 5. The van der Waals surface area contributed by atoms with Crippen LogP contribution in [0, 0.1) is 11.8 Å². The molecule has 3 unspecified atom stereocenters. The zero-order chi connectivity index (χ0) is 21.6. The Kier molecular flexibility index (Phi) is 6.96. The lowest BCUT2D eigenvalue weighted by atomic mass is 9.94. The first-order chi connectivity index (χ1) is 15.1. The predicted molar refractivity (Wildman–Crippen MR) is 119 cm³/mol. The van der Waals surface area contributed by atoms with Crippen molar-refractivity contribution in [3.05, 3.63) is 94.0 Å². The molecule has 3 aromatic rings. The monoisotopic (exact) mass is 434 g/mol. The first-order valence-electron chi connectivity index (χ1n) is 10.2. The number of aromatic nitrogens is 2. The van der Waals surface area contributed by atoms with E-state index in [9.17, 15) is 10.2 Å². The van der Waals surface area contributed by atoms with Gasteiger partial charge in [-0.05, 0) is 47.2 Å². The van der Waals surface area contributed by atoms with Crippen LogP contribution < -0.4 is 0 Å². The molecule has 2 N–H and O–H groups in total. The van der Waals surface area contributed by atoms with Crippen LogP contribution in [-0.2, 0) is 11.2 Å². The average Bonchev–Trinajstić information content (AvgIpc) is 2.80. The van der Waals surface area contributed by atoms with Gasteiger partial charge in [-0.25, -0.2) is 4.98 Å². The highest BCUT2D eigenvalue weighted by Gasteiger charge is 2.29. The lowest BCUT2D eigenvalue weighted by molar-refractivity contribution is -0.113. The summed E-state index contributed by atoms with van der Waals surface area (Å²) in [5, 5.41) is 20.2. The lowest BCUT2D eigenvalue weighted by Gasteiger charge is -2.32. The second-order valence-electron chi connectivity index (χ2n) is 7.62. The van der Waals surface area contributed by atoms with Gasteiger partial charge < -0.3 is 14.9 Å². The highest BCUT2D eigenvalue weighted by Crippen LogP contribution is 2.33. The topological polar surface area (TPSA) is 75.5 Å². The van der Waals surface area contributed by atoms with Crippen molar-refractivity contribution in [3.8, 4) is 11.8 Å². The van der Waals surface area contributed by atoms with E-state index in [1.54, 1.807) is 18.6 Å². The van der Waals surface area contributed by atoms with Crippen LogP contribution in [0.2, 0.25) is 5.02 Å². The average molecular weight is 435 g/mol. The number of aliphatic hydroxyl groups excluding tert-OH is 2. The van der Waals surface area contributed by atoms with E-state index in [1.165, 1.54) is 0 Å². The Balaban J connectivity index is 1.48. The summed E-state index contributed by atoms with van der Waals surface area (Å²) in [5.74, 6) is 6.09. The van der Waals surface area contributed by atoms with Crippen LogP contribution >= 0.6 is 11.6 Å². The molecule has 0 amide bonds. The van der Waals surface area contributed by atoms with Crippen LogP contribution in [0.15, 0.2) is 61.1 Å². The van der Waals surface area contributed by atoms with Crippen molar-refractivity contribution in [2.45, 2.75) is 37.6 Å². The Morgan fingerprint density at radius 2 is 1.90 bits per heavy atom. The molecule has 31 heavy (non-hydrogen) atoms. The fraction of sp³-hybridized carbons (Fsp3) is 0.280. The van der Waals surface area contributed by atoms with Gasteiger partial charge in [-0.2, -0.15) is 0 Å². The Labute approximate surface area is 186 Å². The quantitative estimate of drug-likeness (QED) is 0.612. The number of nitrogens with zero attached hydrogens (tertiary/aromatic N) is 2. The number of hydrogen-bond donors (Lipinski definition) is 2. The number of rotatable bonds is 4. The van der Waals surface area contributed by atoms with E-state index >= 15 is 0 Å². The molecule has 2 aromatic carbocycles. The van der Waals surface area contributed by atoms with Crippen molar-refractivity contribution >= 4 is 11.6 Å². The molecule has 2 heterocycles. The maximum atomic E-state index is 10.1. The largest absolute Gasteiger partial charge is 0.394 e. The smallest absolute Gasteiger partial charge is 0.131 e. The Morgan fingerprint density at radius 1 is 1.06 bits per heavy atom. The summed E-state index contributed by atoms with van der Waals surface area (Å²) in [6, 6.07) is 13.8. The normalized spacial score (nSPS) is 20.7. The highest BCUT2D eigenvalue weighted by atomic mass is 35.5. The summed E-state index contributed by atoms with van der Waals surface area (Å²) in [7, 11) is 0. The van der Waals surface area contributed by atoms with Gasteiger partial charge >= 0.3 is 0 Å². The van der Waals surface area contributed by atoms with Crippen LogP contribution in [0.1, 0.15) is 46.9 Å². The summed E-state index contributed by atoms with van der Waals surface area (Å²) < 4.78 is 5.94. The van der Waals surface area contributed by atoms with Gasteiger partial charge in [0.1, 0.15) is 5.69 Å². The van der Waals surface area contributed by atoms with Gasteiger partial charge in [0.05, 0.1) is 31.1 Å². The van der Waals surface area contributed by atoms with Gasteiger partial charge in [-0.15, -0.1) is 0 Å². The molecule has 1 aliphatic rings. The fourth-order valence-corrected chi connectivity index (χ4v) is 3.86. The first-order valence-corrected chi connectivity index (χ1v) is 10.6. The summed E-state index contributed by atoms with van der Waals surface area (Å²) in [4.78, 5) is 8.16. The van der Waals surface area contributed by atoms with E-state index in [4.69, 9.17) is 16.3 Å². The molecule has 1 fully saturated rings. The minimum atomic E-state index is -0.481. The lowest BCUT2D eigenvalue weighted by Crippen LogP contribution is -2.33. The van der Waals surface area contributed by atoms with Crippen molar-refractivity contribution < 1.29 is 14.9 Å². The van der Waals surface area contributed by atoms with E-state index in [1.807, 2.05) is 42.5 Å². The van der Waals surface area contributed by atoms with E-state index in [0.717, 1.165) is 22.3 Å². The van der Waals surface area contributed by atoms with Crippen LogP contribution in [-0.4, -0.2) is 39.0 Å². The molecule has 1 aliphatic heterocycles. The Bertz CT molecular complexity index is 1080. The van der Waals surface area contributed by atoms with E-state index < -0.39 is 6.10 Å². The molecular weight excluding hydrogens is 412 g/mol. The Hall–Kier alpha value is -2.75. The molecule has 3 atom stereocenters. The molecule has 4 rings (SSSR count). The van der Waals surface area contributed by atoms with Gasteiger partial charge in [0, 0.05) is 35.8 Å². The van der Waals surface area contributed by atoms with Crippen LogP contribution in [0.4, 0.5) is 0 Å². The third-order valence-corrected chi connectivity index (χ3v) is 5.64. The molecule has 6 heteroatoms. The number of ether oxygens (including phenoxy) is 1. The highest BCUT2D eigenvalue weighted by molar-refractivity contribution is 6.31. The number of aliphatic hydroxyl groups is 2. The Morgan fingerprint density at radius 3 is 2.65 bits per heavy atom. The van der Waals surface area contributed by atoms with Gasteiger partial charge in [0.15, 0.2) is 0 Å². The molecule has 0 radical (unpaired) electrons. The molecule has 5 nitrogen and oxygen atoms in total. The van der Waals surface area contributed by atoms with Crippen LogP contribution in [0.5, 0.6) is 0 Å². The van der Waals surface area contributed by atoms with Crippen molar-refractivity contribution in [3.63, 3.8) is 0 Å². The molecule has 1 aromatic heterocycles. The zero-order valence-electron chi connectivity index (χ0n) is 16.9. The van der Waals surface area contributed by atoms with Gasteiger partial charge in [-0.1, -0.05) is 41.8 Å². The summed E-state index contributed by atoms with van der Waals surface area (Å²) in [6.07, 6.45) is 5.43. The minimum Gasteiger partial charge on any atom is -0.394 e. The van der Waals surface area contributed by atoms with Crippen molar-refractivity contribution in [2.75, 3.05) is 6.61 Å². The molecular formula is C25H23ClN2O3. The first kappa shape index (κ1) is 21.5. The predicted octanol–water partition coefficient (Wildman–Crippen LogP) is 3.69. The fourth-order valence-electron chi connectivity index (χ4n) is 3.68. The van der Waals surface area contributed by atoms with Crippen molar-refractivity contribution in [1.82, 2.24) is 9.97 Å². The van der Waals surface area contributed by atoms with E-state index in [0.29, 0.717) is 30.0 Å². The standard InChI is InChI=1S/C25H23ClN2O3/c26-24-8-6-19(25-14-22(30)13-23(16-29)31-25)12-20(24)11-18-3-1-17(2-4-18)5-7-21-15-27-9-10-28-21/h1-4,6,8-10,12,15,22-23,25,29-30H,11,13-14,16H2. The second kappa shape index (κ2) is 10.0. The zero-order valence-corrected chi connectivity index (χ0v) is 17.7. The van der Waals surface area contributed by atoms with Crippen LogP contribution in [0.3, 0.4) is 0 Å². The van der Waals surface area contributed by atoms with Gasteiger partial charge in [-0.3, -0.25) is 4.98 Å². The van der Waals surface area contributed by atoms with Crippen molar-refractivity contribution in [2.24, 2.45) is 0 Å².